The second-order valence-electron chi connectivity index (χ2n) is 7.20. The van der Waals surface area contributed by atoms with Crippen LogP contribution in [0.15, 0.2) is 0 Å². The number of ether oxygens (including phenoxy) is 1. The van der Waals surface area contributed by atoms with Crippen LogP contribution in [0.5, 0.6) is 0 Å². The van der Waals surface area contributed by atoms with Gasteiger partial charge in [0.25, 0.3) is 0 Å². The van der Waals surface area contributed by atoms with Crippen LogP contribution in [0.2, 0.25) is 0 Å². The molecule has 0 aromatic heterocycles. The molecule has 0 heterocycles. The first-order valence-electron chi connectivity index (χ1n) is 9.24. The van der Waals surface area contributed by atoms with Crippen LogP contribution in [0.3, 0.4) is 0 Å². The fraction of sp³-hybridized carbons (Fsp3) is 1.00. The van der Waals surface area contributed by atoms with Crippen molar-refractivity contribution in [1.29, 1.82) is 0 Å². The fourth-order valence-electron chi connectivity index (χ4n) is 4.27. The van der Waals surface area contributed by atoms with Gasteiger partial charge in [-0.2, -0.15) is 0 Å². The minimum absolute atomic E-state index is 0.0236. The molecule has 2 N–H and O–H groups in total. The molecule has 3 nitrogen and oxygen atoms in total. The van der Waals surface area contributed by atoms with Gasteiger partial charge >= 0.3 is 0 Å². The van der Waals surface area contributed by atoms with Crippen molar-refractivity contribution in [3.05, 3.63) is 0 Å². The highest BCUT2D eigenvalue weighted by Gasteiger charge is 2.41. The van der Waals surface area contributed by atoms with Crippen LogP contribution in [-0.4, -0.2) is 37.0 Å². The molecule has 2 unspecified atom stereocenters. The van der Waals surface area contributed by atoms with Crippen molar-refractivity contribution in [2.24, 2.45) is 11.8 Å². The maximum Gasteiger partial charge on any atom is 0.0616 e. The third kappa shape index (κ3) is 4.94. The molecule has 0 amide bonds. The minimum Gasteiger partial charge on any atom is -0.394 e. The second-order valence-corrected chi connectivity index (χ2v) is 7.20. The molecule has 2 fully saturated rings. The summed E-state index contributed by atoms with van der Waals surface area (Å²) in [6.45, 7) is 5.31. The second kappa shape index (κ2) is 9.12. The lowest BCUT2D eigenvalue weighted by atomic mass is 9.85. The average Bonchev–Trinajstić information content (AvgIpc) is 2.94. The summed E-state index contributed by atoms with van der Waals surface area (Å²) in [5.41, 5.74) is -0.0236. The number of hydrogen-bond donors (Lipinski definition) is 2. The zero-order valence-corrected chi connectivity index (χ0v) is 13.9. The van der Waals surface area contributed by atoms with Gasteiger partial charge in [0.15, 0.2) is 0 Å². The van der Waals surface area contributed by atoms with Crippen molar-refractivity contribution < 1.29 is 9.84 Å². The first kappa shape index (κ1) is 17.2. The first-order valence-corrected chi connectivity index (χ1v) is 9.24. The van der Waals surface area contributed by atoms with Crippen molar-refractivity contribution in [2.75, 3.05) is 26.4 Å². The minimum atomic E-state index is -0.0236. The predicted octanol–water partition coefficient (Wildman–Crippen LogP) is 3.50. The van der Waals surface area contributed by atoms with Crippen molar-refractivity contribution in [3.8, 4) is 0 Å². The molecular weight excluding hydrogens is 262 g/mol. The van der Waals surface area contributed by atoms with Crippen LogP contribution in [0.25, 0.3) is 0 Å². The zero-order valence-electron chi connectivity index (χ0n) is 13.9. The first-order chi connectivity index (χ1) is 10.3. The highest BCUT2D eigenvalue weighted by molar-refractivity contribution is 4.98. The molecule has 2 saturated carbocycles. The van der Waals surface area contributed by atoms with Crippen molar-refractivity contribution in [1.82, 2.24) is 5.32 Å². The molecule has 0 bridgehead atoms. The van der Waals surface area contributed by atoms with Gasteiger partial charge in [0.2, 0.25) is 0 Å². The molecule has 0 aromatic rings. The summed E-state index contributed by atoms with van der Waals surface area (Å²) in [5.74, 6) is 1.39. The van der Waals surface area contributed by atoms with Crippen LogP contribution in [0.4, 0.5) is 0 Å². The molecule has 0 radical (unpaired) electrons. The summed E-state index contributed by atoms with van der Waals surface area (Å²) in [4.78, 5) is 0. The van der Waals surface area contributed by atoms with Crippen LogP contribution < -0.4 is 5.32 Å². The summed E-state index contributed by atoms with van der Waals surface area (Å²) in [6.07, 6.45) is 12.8. The number of aliphatic hydroxyl groups excluding tert-OH is 1. The van der Waals surface area contributed by atoms with Gasteiger partial charge < -0.3 is 15.2 Å². The van der Waals surface area contributed by atoms with E-state index in [2.05, 4.69) is 12.2 Å². The molecular formula is C18H35NO2. The molecule has 2 rings (SSSR count). The monoisotopic (exact) mass is 297 g/mol. The Labute approximate surface area is 130 Å². The Hall–Kier alpha value is -0.120. The largest absolute Gasteiger partial charge is 0.394 e. The van der Waals surface area contributed by atoms with Crippen molar-refractivity contribution in [3.63, 3.8) is 0 Å². The third-order valence-corrected chi connectivity index (χ3v) is 5.66. The van der Waals surface area contributed by atoms with Crippen LogP contribution in [0, 0.1) is 11.8 Å². The summed E-state index contributed by atoms with van der Waals surface area (Å²) in [7, 11) is 0. The van der Waals surface area contributed by atoms with E-state index in [1.54, 1.807) is 0 Å². The van der Waals surface area contributed by atoms with E-state index >= 15 is 0 Å². The number of hydrogen-bond acceptors (Lipinski definition) is 3. The number of nitrogens with one attached hydrogen (secondary N) is 1. The molecule has 124 valence electrons. The molecule has 2 atom stereocenters. The lowest BCUT2D eigenvalue weighted by Gasteiger charge is -2.35. The van der Waals surface area contributed by atoms with Gasteiger partial charge in [0.05, 0.1) is 6.61 Å². The van der Waals surface area contributed by atoms with E-state index in [9.17, 15) is 5.11 Å². The molecule has 3 heteroatoms. The maximum absolute atomic E-state index is 9.87. The normalized spacial score (nSPS) is 30.9. The van der Waals surface area contributed by atoms with E-state index in [-0.39, 0.29) is 12.1 Å². The lowest BCUT2D eigenvalue weighted by molar-refractivity contribution is 0.0559. The zero-order chi connectivity index (χ0) is 15.0. The maximum atomic E-state index is 9.87. The molecule has 21 heavy (non-hydrogen) atoms. The standard InChI is InChI=1S/C18H35NO2/c1-2-12-19-18(15-20)11-6-9-17(18)10-13-21-14-16-7-4-3-5-8-16/h16-17,19-20H,2-15H2,1H3. The Bertz CT molecular complexity index is 278. The van der Waals surface area contributed by atoms with Crippen LogP contribution in [0.1, 0.15) is 71.1 Å². The number of aliphatic hydroxyl groups is 1. The summed E-state index contributed by atoms with van der Waals surface area (Å²) < 4.78 is 5.97. The number of rotatable bonds is 9. The van der Waals surface area contributed by atoms with Crippen molar-refractivity contribution >= 4 is 0 Å². The average molecular weight is 297 g/mol. The molecule has 0 aromatic carbocycles. The third-order valence-electron chi connectivity index (χ3n) is 5.66. The van der Waals surface area contributed by atoms with E-state index < -0.39 is 0 Å². The van der Waals surface area contributed by atoms with E-state index in [4.69, 9.17) is 4.74 Å². The molecule has 2 aliphatic carbocycles. The van der Waals surface area contributed by atoms with E-state index in [1.807, 2.05) is 0 Å². The van der Waals surface area contributed by atoms with E-state index in [1.165, 1.54) is 44.9 Å². The van der Waals surface area contributed by atoms with Gasteiger partial charge in [-0.05, 0) is 56.9 Å². The van der Waals surface area contributed by atoms with Gasteiger partial charge in [0, 0.05) is 18.8 Å². The Balaban J connectivity index is 1.68. The Kier molecular flexibility index (Phi) is 7.48. The summed E-state index contributed by atoms with van der Waals surface area (Å²) in [5, 5.41) is 13.5. The predicted molar refractivity (Wildman–Crippen MR) is 87.5 cm³/mol. The topological polar surface area (TPSA) is 41.5 Å². The Morgan fingerprint density at radius 2 is 1.95 bits per heavy atom. The van der Waals surface area contributed by atoms with Crippen molar-refractivity contribution in [2.45, 2.75) is 76.7 Å². The molecule has 0 aliphatic heterocycles. The van der Waals surface area contributed by atoms with Gasteiger partial charge in [-0.15, -0.1) is 0 Å². The Morgan fingerprint density at radius 1 is 1.14 bits per heavy atom. The quantitative estimate of drug-likeness (QED) is 0.640. The highest BCUT2D eigenvalue weighted by Crippen LogP contribution is 2.37. The van der Waals surface area contributed by atoms with E-state index in [0.717, 1.165) is 44.9 Å². The van der Waals surface area contributed by atoms with Gasteiger partial charge in [-0.1, -0.05) is 32.6 Å². The fourth-order valence-corrected chi connectivity index (χ4v) is 4.27. The smallest absolute Gasteiger partial charge is 0.0616 e. The molecule has 0 saturated heterocycles. The lowest BCUT2D eigenvalue weighted by Crippen LogP contribution is -2.52. The van der Waals surface area contributed by atoms with Crippen LogP contribution >= 0.6 is 0 Å². The summed E-state index contributed by atoms with van der Waals surface area (Å²) >= 11 is 0. The van der Waals surface area contributed by atoms with Gasteiger partial charge in [0.1, 0.15) is 0 Å². The molecule has 0 spiro atoms. The summed E-state index contributed by atoms with van der Waals surface area (Å²) in [6, 6.07) is 0. The highest BCUT2D eigenvalue weighted by atomic mass is 16.5. The van der Waals surface area contributed by atoms with Crippen LogP contribution in [-0.2, 0) is 4.74 Å². The Morgan fingerprint density at radius 3 is 2.67 bits per heavy atom. The van der Waals surface area contributed by atoms with Gasteiger partial charge in [-0.25, -0.2) is 0 Å². The molecule has 2 aliphatic rings. The van der Waals surface area contributed by atoms with E-state index in [0.29, 0.717) is 5.92 Å². The van der Waals surface area contributed by atoms with Gasteiger partial charge in [-0.3, -0.25) is 0 Å². The SMILES string of the molecule is CCCNC1(CO)CCCC1CCOCC1CCCCC1.